The first-order chi connectivity index (χ1) is 16.7. The summed E-state index contributed by atoms with van der Waals surface area (Å²) in [5.41, 5.74) is 1.21. The van der Waals surface area contributed by atoms with Gasteiger partial charge in [-0.1, -0.05) is 47.2 Å². The Morgan fingerprint density at radius 3 is 2.57 bits per heavy atom. The molecule has 1 saturated heterocycles. The zero-order chi connectivity index (χ0) is 25.1. The number of nitrogens with one attached hydrogen (secondary N) is 1. The summed E-state index contributed by atoms with van der Waals surface area (Å²) in [5.74, 6) is -0.756. The Morgan fingerprint density at radius 2 is 1.86 bits per heavy atom. The van der Waals surface area contributed by atoms with E-state index in [-0.39, 0.29) is 30.3 Å². The summed E-state index contributed by atoms with van der Waals surface area (Å²) in [6, 6.07) is 14.3. The van der Waals surface area contributed by atoms with Gasteiger partial charge in [-0.25, -0.2) is 4.79 Å². The van der Waals surface area contributed by atoms with Gasteiger partial charge >= 0.3 is 5.97 Å². The zero-order valence-corrected chi connectivity index (χ0v) is 20.9. The molecule has 35 heavy (non-hydrogen) atoms. The highest BCUT2D eigenvalue weighted by Crippen LogP contribution is 2.35. The number of rotatable bonds is 7. The number of furan rings is 1. The lowest BCUT2D eigenvalue weighted by atomic mass is 10.2. The Bertz CT molecular complexity index is 1370. The van der Waals surface area contributed by atoms with Gasteiger partial charge in [0.1, 0.15) is 15.8 Å². The molecule has 0 aliphatic carbocycles. The van der Waals surface area contributed by atoms with Crippen LogP contribution in [0.1, 0.15) is 22.5 Å². The number of amides is 2. The molecular weight excluding hydrogens is 531 g/mol. The van der Waals surface area contributed by atoms with E-state index < -0.39 is 5.97 Å². The SMILES string of the molecule is O=C(CCN1C(=O)C(=Cc2ccc(-c3cc(Cl)ccc3Cl)o2)SC1=S)Nc1ccc(C(=O)O)cc1. The van der Waals surface area contributed by atoms with Crippen molar-refractivity contribution in [2.24, 2.45) is 0 Å². The number of carbonyl (C=O) groups excluding carboxylic acids is 2. The van der Waals surface area contributed by atoms with Crippen molar-refractivity contribution in [1.29, 1.82) is 0 Å². The highest BCUT2D eigenvalue weighted by molar-refractivity contribution is 8.26. The van der Waals surface area contributed by atoms with E-state index in [0.717, 1.165) is 11.8 Å². The third kappa shape index (κ3) is 5.94. The van der Waals surface area contributed by atoms with Crippen LogP contribution < -0.4 is 5.32 Å². The molecule has 1 aliphatic heterocycles. The van der Waals surface area contributed by atoms with Crippen molar-refractivity contribution in [1.82, 2.24) is 4.90 Å². The van der Waals surface area contributed by atoms with Crippen molar-refractivity contribution in [3.63, 3.8) is 0 Å². The van der Waals surface area contributed by atoms with Gasteiger partial charge < -0.3 is 14.8 Å². The normalized spacial score (nSPS) is 14.6. The largest absolute Gasteiger partial charge is 0.478 e. The van der Waals surface area contributed by atoms with Crippen LogP contribution >= 0.6 is 47.2 Å². The number of anilines is 1. The van der Waals surface area contributed by atoms with Gasteiger partial charge in [0.15, 0.2) is 0 Å². The predicted molar refractivity (Wildman–Crippen MR) is 141 cm³/mol. The Balaban J connectivity index is 1.38. The van der Waals surface area contributed by atoms with E-state index in [1.807, 2.05) is 0 Å². The fraction of sp³-hybridized carbons (Fsp3) is 0.0833. The number of carboxylic acid groups (broad SMARTS) is 1. The van der Waals surface area contributed by atoms with Crippen molar-refractivity contribution in [2.45, 2.75) is 6.42 Å². The quantitative estimate of drug-likeness (QED) is 0.269. The molecule has 3 aromatic rings. The Labute approximate surface area is 219 Å². The van der Waals surface area contributed by atoms with Crippen LogP contribution in [0.25, 0.3) is 17.4 Å². The molecule has 4 rings (SSSR count). The van der Waals surface area contributed by atoms with E-state index in [2.05, 4.69) is 5.32 Å². The molecular formula is C24H16Cl2N2O5S2. The molecule has 1 aromatic heterocycles. The number of aromatic carboxylic acids is 1. The molecule has 1 aliphatic rings. The van der Waals surface area contributed by atoms with E-state index in [4.69, 9.17) is 44.9 Å². The fourth-order valence-electron chi connectivity index (χ4n) is 3.22. The number of nitrogens with zero attached hydrogens (tertiary/aromatic N) is 1. The minimum atomic E-state index is -1.05. The maximum absolute atomic E-state index is 12.8. The molecule has 2 amide bonds. The standard InChI is InChI=1S/C24H16Cl2N2O5S2/c25-14-3-7-18(26)17(11-14)19-8-6-16(33-19)12-20-22(30)28(24(34)35-20)10-9-21(29)27-15-4-1-13(2-5-15)23(31)32/h1-8,11-12H,9-10H2,(H,27,29)(H,31,32). The van der Waals surface area contributed by atoms with Crippen LogP contribution in [0.3, 0.4) is 0 Å². The third-order valence-corrected chi connectivity index (χ3v) is 6.89. The zero-order valence-electron chi connectivity index (χ0n) is 17.8. The molecule has 1 fully saturated rings. The third-order valence-electron chi connectivity index (χ3n) is 4.95. The van der Waals surface area contributed by atoms with E-state index >= 15 is 0 Å². The highest BCUT2D eigenvalue weighted by Gasteiger charge is 2.32. The maximum atomic E-state index is 12.8. The summed E-state index contributed by atoms with van der Waals surface area (Å²) in [7, 11) is 0. The molecule has 178 valence electrons. The van der Waals surface area contributed by atoms with Gasteiger partial charge in [-0.15, -0.1) is 0 Å². The second kappa shape index (κ2) is 10.7. The highest BCUT2D eigenvalue weighted by atomic mass is 35.5. The monoisotopic (exact) mass is 546 g/mol. The number of thioether (sulfide) groups is 1. The van der Waals surface area contributed by atoms with Crippen LogP contribution in [0.4, 0.5) is 5.69 Å². The molecule has 0 atom stereocenters. The lowest BCUT2D eigenvalue weighted by Gasteiger charge is -2.14. The number of thiocarbonyl (C=S) groups is 1. The molecule has 0 unspecified atom stereocenters. The van der Waals surface area contributed by atoms with Crippen molar-refractivity contribution in [2.75, 3.05) is 11.9 Å². The van der Waals surface area contributed by atoms with Gasteiger partial charge in [-0.05, 0) is 54.6 Å². The van der Waals surface area contributed by atoms with Gasteiger partial charge in [-0.2, -0.15) is 0 Å². The minimum Gasteiger partial charge on any atom is -0.478 e. The minimum absolute atomic E-state index is 0.0125. The first kappa shape index (κ1) is 25.0. The van der Waals surface area contributed by atoms with Crippen LogP contribution in [0.15, 0.2) is 63.9 Å². The molecule has 11 heteroatoms. The number of carboxylic acids is 1. The summed E-state index contributed by atoms with van der Waals surface area (Å²) in [6.07, 6.45) is 1.60. The van der Waals surface area contributed by atoms with Gasteiger partial charge in [0.2, 0.25) is 5.91 Å². The summed E-state index contributed by atoms with van der Waals surface area (Å²) in [6.45, 7) is 0.0998. The summed E-state index contributed by atoms with van der Waals surface area (Å²) < 4.78 is 6.16. The van der Waals surface area contributed by atoms with Crippen LogP contribution in [-0.4, -0.2) is 38.7 Å². The van der Waals surface area contributed by atoms with Crippen molar-refractivity contribution >= 4 is 81.0 Å². The van der Waals surface area contributed by atoms with E-state index in [9.17, 15) is 14.4 Å². The number of carbonyl (C=O) groups is 3. The lowest BCUT2D eigenvalue weighted by molar-refractivity contribution is -0.122. The molecule has 0 spiro atoms. The second-order valence-corrected chi connectivity index (χ2v) is 9.86. The Morgan fingerprint density at radius 1 is 1.11 bits per heavy atom. The Hall–Kier alpha value is -3.11. The molecule has 0 radical (unpaired) electrons. The van der Waals surface area contributed by atoms with Gasteiger partial charge in [-0.3, -0.25) is 14.5 Å². The van der Waals surface area contributed by atoms with Crippen molar-refractivity contribution < 1.29 is 23.9 Å². The van der Waals surface area contributed by atoms with Gasteiger partial charge in [0.05, 0.1) is 15.5 Å². The summed E-state index contributed by atoms with van der Waals surface area (Å²) in [4.78, 5) is 37.8. The first-order valence-electron chi connectivity index (χ1n) is 10.1. The van der Waals surface area contributed by atoms with Crippen LogP contribution in [0.2, 0.25) is 10.0 Å². The van der Waals surface area contributed by atoms with Gasteiger partial charge in [0.25, 0.3) is 5.91 Å². The molecule has 2 N–H and O–H groups in total. The lowest BCUT2D eigenvalue weighted by Crippen LogP contribution is -2.31. The molecule has 0 bridgehead atoms. The average molecular weight is 547 g/mol. The first-order valence-corrected chi connectivity index (χ1v) is 12.1. The van der Waals surface area contributed by atoms with Crippen LogP contribution in [-0.2, 0) is 9.59 Å². The van der Waals surface area contributed by atoms with Gasteiger partial charge in [0, 0.05) is 35.3 Å². The number of hydrogen-bond donors (Lipinski definition) is 2. The van der Waals surface area contributed by atoms with Crippen LogP contribution in [0.5, 0.6) is 0 Å². The number of halogens is 2. The number of hydrogen-bond acceptors (Lipinski definition) is 6. The predicted octanol–water partition coefficient (Wildman–Crippen LogP) is 6.18. The summed E-state index contributed by atoms with van der Waals surface area (Å²) in [5, 5.41) is 12.6. The molecule has 7 nitrogen and oxygen atoms in total. The smallest absolute Gasteiger partial charge is 0.335 e. The summed E-state index contributed by atoms with van der Waals surface area (Å²) >= 11 is 18.7. The second-order valence-electron chi connectivity index (χ2n) is 7.34. The molecule has 0 saturated carbocycles. The van der Waals surface area contributed by atoms with E-state index in [1.54, 1.807) is 36.4 Å². The molecule has 2 aromatic carbocycles. The van der Waals surface area contributed by atoms with E-state index in [0.29, 0.717) is 42.0 Å². The van der Waals surface area contributed by atoms with E-state index in [1.165, 1.54) is 29.2 Å². The van der Waals surface area contributed by atoms with Crippen LogP contribution in [0, 0.1) is 0 Å². The van der Waals surface area contributed by atoms with Crippen molar-refractivity contribution in [3.8, 4) is 11.3 Å². The number of benzene rings is 2. The topological polar surface area (TPSA) is 99.9 Å². The fourth-order valence-corrected chi connectivity index (χ4v) is 4.89. The average Bonchev–Trinajstić information content (AvgIpc) is 3.38. The Kier molecular flexibility index (Phi) is 7.61. The van der Waals surface area contributed by atoms with Crippen molar-refractivity contribution in [3.05, 3.63) is 80.9 Å². The molecule has 2 heterocycles. The maximum Gasteiger partial charge on any atom is 0.335 e.